The molecule has 1 fully saturated rings. The van der Waals surface area contributed by atoms with Crippen LogP contribution in [0.3, 0.4) is 0 Å². The van der Waals surface area contributed by atoms with Gasteiger partial charge >= 0.3 is 0 Å². The molecule has 1 heterocycles. The smallest absolute Gasteiger partial charge is 0.243 e. The molecule has 1 aliphatic heterocycles. The molecule has 0 saturated carbocycles. The zero-order chi connectivity index (χ0) is 19.0. The van der Waals surface area contributed by atoms with Gasteiger partial charge in [-0.15, -0.1) is 0 Å². The van der Waals surface area contributed by atoms with E-state index < -0.39 is 18.3 Å². The Labute approximate surface area is 154 Å². The van der Waals surface area contributed by atoms with E-state index in [2.05, 4.69) is 40.4 Å². The number of piperidine rings is 1. The van der Waals surface area contributed by atoms with Gasteiger partial charge in [-0.3, -0.25) is 0 Å². The van der Waals surface area contributed by atoms with E-state index in [9.17, 15) is 8.42 Å². The van der Waals surface area contributed by atoms with Crippen LogP contribution in [0.2, 0.25) is 18.1 Å². The minimum absolute atomic E-state index is 0.0506. The normalized spacial score (nSPS) is 20.7. The molecule has 1 unspecified atom stereocenters. The topological polar surface area (TPSA) is 46.6 Å². The Kier molecular flexibility index (Phi) is 5.69. The average Bonchev–Trinajstić information content (AvgIpc) is 2.48. The minimum atomic E-state index is -3.48. The molecule has 0 N–H and O–H groups in total. The third-order valence-electron chi connectivity index (χ3n) is 5.38. The first-order chi connectivity index (χ1) is 11.3. The lowest BCUT2D eigenvalue weighted by molar-refractivity contribution is 0.168. The minimum Gasteiger partial charge on any atom is -0.410 e. The van der Waals surface area contributed by atoms with Crippen LogP contribution in [-0.2, 0) is 14.4 Å². The van der Waals surface area contributed by atoms with E-state index in [1.54, 1.807) is 12.1 Å². The quantitative estimate of drug-likeness (QED) is 0.576. The molecule has 25 heavy (non-hydrogen) atoms. The van der Waals surface area contributed by atoms with Crippen molar-refractivity contribution in [1.29, 1.82) is 0 Å². The summed E-state index contributed by atoms with van der Waals surface area (Å²) in [6.07, 6.45) is 0.613. The molecule has 1 aromatic rings. The van der Waals surface area contributed by atoms with Gasteiger partial charge in [-0.25, -0.2) is 8.42 Å². The molecule has 6 heteroatoms. The van der Waals surface area contributed by atoms with Gasteiger partial charge in [-0.1, -0.05) is 45.0 Å². The van der Waals surface area contributed by atoms with Crippen LogP contribution in [0.4, 0.5) is 0 Å². The lowest BCUT2D eigenvalue weighted by Crippen LogP contribution is -2.49. The predicted molar refractivity (Wildman–Crippen MR) is 106 cm³/mol. The lowest BCUT2D eigenvalue weighted by Gasteiger charge is -2.42. The summed E-state index contributed by atoms with van der Waals surface area (Å²) in [5, 5.41) is 0.123. The fourth-order valence-electron chi connectivity index (χ4n) is 2.61. The highest BCUT2D eigenvalue weighted by molar-refractivity contribution is 7.89. The molecule has 140 valence electrons. The van der Waals surface area contributed by atoms with Gasteiger partial charge in [-0.2, -0.15) is 4.31 Å². The predicted octanol–water partition coefficient (Wildman–Crippen LogP) is 4.34. The summed E-state index contributed by atoms with van der Waals surface area (Å²) in [6, 6.07) is 7.00. The van der Waals surface area contributed by atoms with Crippen molar-refractivity contribution >= 4 is 18.3 Å². The van der Waals surface area contributed by atoms with E-state index in [0.29, 0.717) is 24.4 Å². The van der Waals surface area contributed by atoms with Crippen molar-refractivity contribution in [1.82, 2.24) is 4.31 Å². The van der Waals surface area contributed by atoms with E-state index >= 15 is 0 Å². The first-order valence-electron chi connectivity index (χ1n) is 8.77. The van der Waals surface area contributed by atoms with Crippen LogP contribution in [0.25, 0.3) is 0 Å². The highest BCUT2D eigenvalue weighted by Crippen LogP contribution is 2.39. The van der Waals surface area contributed by atoms with Gasteiger partial charge in [0, 0.05) is 13.1 Å². The summed E-state index contributed by atoms with van der Waals surface area (Å²) in [5.74, 6) is 0. The molecule has 2 rings (SSSR count). The number of rotatable bonds is 4. The van der Waals surface area contributed by atoms with Crippen molar-refractivity contribution in [2.24, 2.45) is 0 Å². The van der Waals surface area contributed by atoms with Crippen molar-refractivity contribution in [2.75, 3.05) is 13.1 Å². The fraction of sp³-hybridized carbons (Fsp3) is 0.579. The number of sulfonamides is 1. The average molecular weight is 382 g/mol. The molecular formula is C19H31NO3SSi. The van der Waals surface area contributed by atoms with E-state index in [4.69, 9.17) is 4.43 Å². The Morgan fingerprint density at radius 3 is 2.24 bits per heavy atom. The van der Waals surface area contributed by atoms with Crippen molar-refractivity contribution in [3.05, 3.63) is 42.0 Å². The molecule has 0 aromatic heterocycles. The van der Waals surface area contributed by atoms with E-state index in [1.807, 2.05) is 19.1 Å². The van der Waals surface area contributed by atoms with Gasteiger partial charge in [0.15, 0.2) is 8.32 Å². The second-order valence-electron chi connectivity index (χ2n) is 8.47. The molecule has 0 aliphatic carbocycles. The third kappa shape index (κ3) is 4.42. The van der Waals surface area contributed by atoms with E-state index in [-0.39, 0.29) is 11.1 Å². The highest BCUT2D eigenvalue weighted by atomic mass is 32.2. The Morgan fingerprint density at radius 2 is 1.76 bits per heavy atom. The van der Waals surface area contributed by atoms with E-state index in [1.165, 1.54) is 4.31 Å². The van der Waals surface area contributed by atoms with Crippen LogP contribution in [-0.4, -0.2) is 40.2 Å². The maximum absolute atomic E-state index is 12.8. The molecule has 1 aromatic carbocycles. The first-order valence-corrected chi connectivity index (χ1v) is 13.1. The number of hydrogen-bond donors (Lipinski definition) is 0. The molecular weight excluding hydrogens is 350 g/mol. The first kappa shape index (κ1) is 20.4. The van der Waals surface area contributed by atoms with E-state index in [0.717, 1.165) is 11.1 Å². The van der Waals surface area contributed by atoms with Gasteiger partial charge in [0.1, 0.15) is 0 Å². The Morgan fingerprint density at radius 1 is 1.20 bits per heavy atom. The second kappa shape index (κ2) is 6.99. The summed E-state index contributed by atoms with van der Waals surface area (Å²) < 4.78 is 33.7. The molecule has 1 saturated heterocycles. The van der Waals surface area contributed by atoms with Crippen LogP contribution >= 0.6 is 0 Å². The number of nitrogens with zero attached hydrogens (tertiary/aromatic N) is 1. The Bertz CT molecular complexity index is 733. The maximum Gasteiger partial charge on any atom is 0.243 e. The second-order valence-corrected chi connectivity index (χ2v) is 15.2. The van der Waals surface area contributed by atoms with Gasteiger partial charge in [0.25, 0.3) is 0 Å². The van der Waals surface area contributed by atoms with Crippen LogP contribution in [0.1, 0.15) is 32.8 Å². The highest BCUT2D eigenvalue weighted by Gasteiger charge is 2.41. The van der Waals surface area contributed by atoms with Crippen molar-refractivity contribution < 1.29 is 12.8 Å². The van der Waals surface area contributed by atoms with Crippen molar-refractivity contribution in [3.8, 4) is 0 Å². The molecule has 0 radical (unpaired) electrons. The van der Waals surface area contributed by atoms with Crippen LogP contribution in [0, 0.1) is 6.92 Å². The Balaban J connectivity index is 2.11. The molecule has 4 nitrogen and oxygen atoms in total. The van der Waals surface area contributed by atoms with Gasteiger partial charge in [0.05, 0.1) is 11.0 Å². The fourth-order valence-corrected chi connectivity index (χ4v) is 5.42. The summed E-state index contributed by atoms with van der Waals surface area (Å²) in [4.78, 5) is 0.342. The molecule has 0 amide bonds. The SMILES string of the molecule is C=C1CN(S(=O)(=O)c2ccc(C)cc2)CCC1O[Si](C)(C)C(C)(C)C. The van der Waals surface area contributed by atoms with Gasteiger partial charge in [-0.05, 0) is 49.2 Å². The summed E-state index contributed by atoms with van der Waals surface area (Å²) >= 11 is 0. The van der Waals surface area contributed by atoms with Crippen LogP contribution in [0.15, 0.2) is 41.3 Å². The molecule has 0 bridgehead atoms. The zero-order valence-corrected chi connectivity index (χ0v) is 18.1. The van der Waals surface area contributed by atoms with Crippen molar-refractivity contribution in [2.45, 2.75) is 63.2 Å². The summed E-state index contributed by atoms with van der Waals surface area (Å²) in [7, 11) is -5.38. The Hall–Kier alpha value is -0.953. The standard InChI is InChI=1S/C19H31NO3SSi/c1-15-8-10-17(11-9-15)24(21,22)20-13-12-18(16(2)14-20)23-25(6,7)19(3,4)5/h8-11,18H,2,12-14H2,1,3-7H3. The summed E-state index contributed by atoms with van der Waals surface area (Å²) in [5.41, 5.74) is 1.90. The van der Waals surface area contributed by atoms with Gasteiger partial charge in [0.2, 0.25) is 10.0 Å². The maximum atomic E-state index is 12.8. The number of hydrogen-bond acceptors (Lipinski definition) is 3. The lowest BCUT2D eigenvalue weighted by atomic mass is 10.1. The largest absolute Gasteiger partial charge is 0.410 e. The van der Waals surface area contributed by atoms with Gasteiger partial charge < -0.3 is 4.43 Å². The molecule has 1 aliphatic rings. The van der Waals surface area contributed by atoms with Crippen molar-refractivity contribution in [3.63, 3.8) is 0 Å². The number of benzene rings is 1. The monoisotopic (exact) mass is 381 g/mol. The third-order valence-corrected chi connectivity index (χ3v) is 11.7. The molecule has 0 spiro atoms. The molecule has 1 atom stereocenters. The number of aryl methyl sites for hydroxylation is 1. The van der Waals surface area contributed by atoms with Crippen LogP contribution < -0.4 is 0 Å². The zero-order valence-electron chi connectivity index (χ0n) is 16.3. The summed E-state index contributed by atoms with van der Waals surface area (Å²) in [6.45, 7) is 17.9. The van der Waals surface area contributed by atoms with Crippen LogP contribution in [0.5, 0.6) is 0 Å².